The number of fused-ring (bicyclic) bond motifs is 1. The van der Waals surface area contributed by atoms with E-state index in [4.69, 9.17) is 28.1 Å². The average Bonchev–Trinajstić information content (AvgIpc) is 3.27. The summed E-state index contributed by atoms with van der Waals surface area (Å²) < 4.78 is 1.44. The van der Waals surface area contributed by atoms with E-state index in [1.165, 1.54) is 10.8 Å². The lowest BCUT2D eigenvalue weighted by Gasteiger charge is -2.23. The summed E-state index contributed by atoms with van der Waals surface area (Å²) in [7, 11) is 0. The maximum absolute atomic E-state index is 13.5. The minimum absolute atomic E-state index is 0.0387. The molecule has 32 heavy (non-hydrogen) atoms. The zero-order valence-corrected chi connectivity index (χ0v) is 17.8. The molecule has 0 saturated carbocycles. The molecule has 0 aliphatic carbocycles. The largest absolute Gasteiger partial charge is 0.382 e. The normalized spacial score (nSPS) is 11.9. The van der Waals surface area contributed by atoms with Crippen LogP contribution in [0.15, 0.2) is 35.4 Å². The van der Waals surface area contributed by atoms with Crippen LogP contribution in [0.1, 0.15) is 37.2 Å². The van der Waals surface area contributed by atoms with Crippen LogP contribution < -0.4 is 22.3 Å². The van der Waals surface area contributed by atoms with Crippen LogP contribution in [-0.2, 0) is 0 Å². The van der Waals surface area contributed by atoms with E-state index in [1.54, 1.807) is 24.4 Å². The lowest BCUT2D eigenvalue weighted by atomic mass is 10.1. The third kappa shape index (κ3) is 3.67. The summed E-state index contributed by atoms with van der Waals surface area (Å²) in [6, 6.07) is 6.55. The molecule has 4 aromatic rings. The molecule has 0 aliphatic rings. The summed E-state index contributed by atoms with van der Waals surface area (Å²) in [4.78, 5) is 26.2. The van der Waals surface area contributed by atoms with Crippen molar-refractivity contribution in [2.75, 3.05) is 16.8 Å². The number of aromatic nitrogens is 6. The van der Waals surface area contributed by atoms with Crippen molar-refractivity contribution in [3.63, 3.8) is 0 Å². The quantitative estimate of drug-likeness (QED) is 0.343. The lowest BCUT2D eigenvalue weighted by Crippen LogP contribution is -2.28. The van der Waals surface area contributed by atoms with Crippen molar-refractivity contribution < 1.29 is 0 Å². The van der Waals surface area contributed by atoms with Gasteiger partial charge >= 0.3 is 0 Å². The number of anilines is 3. The number of aromatic amines is 1. The van der Waals surface area contributed by atoms with Gasteiger partial charge in [-0.1, -0.05) is 31.0 Å². The topological polar surface area (TPSA) is 177 Å². The smallest absolute Gasteiger partial charge is 0.267 e. The zero-order chi connectivity index (χ0) is 22.8. The predicted octanol–water partition coefficient (Wildman–Crippen LogP) is 2.54. The zero-order valence-electron chi connectivity index (χ0n) is 17.0. The van der Waals surface area contributed by atoms with E-state index in [0.717, 1.165) is 6.42 Å². The lowest BCUT2D eigenvalue weighted by molar-refractivity contribution is 0.615. The Balaban J connectivity index is 1.97. The van der Waals surface area contributed by atoms with Gasteiger partial charge in [-0.05, 0) is 18.6 Å². The SMILES string of the molecule is CCCC(Nc1nc(N)nc(N)c1C#N)c1nc2cccc(Cl)c2c(=O)n1-c1cn[nH]c1. The summed E-state index contributed by atoms with van der Waals surface area (Å²) in [5.41, 5.74) is 12.2. The Labute approximate surface area is 187 Å². The van der Waals surface area contributed by atoms with Crippen LogP contribution in [-0.4, -0.2) is 29.7 Å². The van der Waals surface area contributed by atoms with Gasteiger partial charge in [-0.25, -0.2) is 4.98 Å². The number of H-pyrrole nitrogens is 1. The second kappa shape index (κ2) is 8.52. The molecule has 0 radical (unpaired) electrons. The number of nitrogens with zero attached hydrogens (tertiary/aromatic N) is 6. The number of rotatable bonds is 6. The van der Waals surface area contributed by atoms with Crippen molar-refractivity contribution in [1.82, 2.24) is 29.7 Å². The second-order valence-corrected chi connectivity index (χ2v) is 7.40. The highest BCUT2D eigenvalue weighted by Gasteiger charge is 2.24. The number of nitrogens with two attached hydrogens (primary N) is 2. The molecule has 6 N–H and O–H groups in total. The molecule has 1 unspecified atom stereocenters. The molecule has 162 valence electrons. The fraction of sp³-hybridized carbons (Fsp3) is 0.200. The summed E-state index contributed by atoms with van der Waals surface area (Å²) >= 11 is 6.32. The monoisotopic (exact) mass is 450 g/mol. The highest BCUT2D eigenvalue weighted by atomic mass is 35.5. The first kappa shape index (κ1) is 21.1. The van der Waals surface area contributed by atoms with E-state index in [0.29, 0.717) is 33.9 Å². The molecule has 4 rings (SSSR count). The van der Waals surface area contributed by atoms with E-state index in [1.807, 2.05) is 13.0 Å². The standard InChI is InChI=1S/C20H19ClN10O/c1-2-4-14(27-17-11(7-22)16(23)29-20(24)30-17)18-28-13-6-3-5-12(21)15(13)19(32)31(18)10-8-25-26-9-10/h3,5-6,8-9,14H,2,4H2,1H3,(H,25,26)(H5,23,24,27,29,30). The molecule has 3 aromatic heterocycles. The summed E-state index contributed by atoms with van der Waals surface area (Å²) in [6.45, 7) is 1.99. The number of hydrogen-bond donors (Lipinski definition) is 4. The van der Waals surface area contributed by atoms with Gasteiger partial charge in [0.2, 0.25) is 5.95 Å². The van der Waals surface area contributed by atoms with Gasteiger partial charge in [0.1, 0.15) is 23.3 Å². The first-order valence-corrected chi connectivity index (χ1v) is 10.1. The Morgan fingerprint density at radius 2 is 2.12 bits per heavy atom. The van der Waals surface area contributed by atoms with Crippen LogP contribution in [0.25, 0.3) is 16.6 Å². The average molecular weight is 451 g/mol. The fourth-order valence-electron chi connectivity index (χ4n) is 3.49. The van der Waals surface area contributed by atoms with Crippen molar-refractivity contribution in [3.8, 4) is 11.8 Å². The molecule has 0 fully saturated rings. The van der Waals surface area contributed by atoms with Gasteiger partial charge in [-0.15, -0.1) is 0 Å². The first-order chi connectivity index (χ1) is 15.4. The number of benzene rings is 1. The maximum atomic E-state index is 13.5. The molecule has 0 aliphatic heterocycles. The minimum Gasteiger partial charge on any atom is -0.382 e. The number of hydrogen-bond acceptors (Lipinski definition) is 9. The van der Waals surface area contributed by atoms with E-state index in [2.05, 4.69) is 25.5 Å². The van der Waals surface area contributed by atoms with Crippen molar-refractivity contribution in [2.24, 2.45) is 0 Å². The number of nitrogens with one attached hydrogen (secondary N) is 2. The molecule has 1 atom stereocenters. The third-order valence-corrected chi connectivity index (χ3v) is 5.20. The summed E-state index contributed by atoms with van der Waals surface area (Å²) in [5, 5.41) is 20.0. The molecule has 0 bridgehead atoms. The Morgan fingerprint density at radius 1 is 1.31 bits per heavy atom. The van der Waals surface area contributed by atoms with Gasteiger partial charge in [0.05, 0.1) is 33.9 Å². The number of nitriles is 1. The van der Waals surface area contributed by atoms with Crippen LogP contribution in [0.4, 0.5) is 17.6 Å². The molecular formula is C20H19ClN10O. The first-order valence-electron chi connectivity index (χ1n) is 9.74. The van der Waals surface area contributed by atoms with E-state index in [-0.39, 0.29) is 28.7 Å². The van der Waals surface area contributed by atoms with Gasteiger partial charge in [0.25, 0.3) is 5.56 Å². The molecule has 12 heteroatoms. The van der Waals surface area contributed by atoms with Crippen molar-refractivity contribution in [3.05, 3.63) is 57.4 Å². The predicted molar refractivity (Wildman–Crippen MR) is 121 cm³/mol. The molecule has 0 amide bonds. The number of halogens is 1. The Kier molecular flexibility index (Phi) is 5.61. The van der Waals surface area contributed by atoms with Crippen molar-refractivity contribution >= 4 is 40.1 Å². The second-order valence-electron chi connectivity index (χ2n) is 6.99. The fourth-order valence-corrected chi connectivity index (χ4v) is 3.74. The van der Waals surface area contributed by atoms with E-state index < -0.39 is 6.04 Å². The Morgan fingerprint density at radius 3 is 2.81 bits per heavy atom. The van der Waals surface area contributed by atoms with Crippen LogP contribution in [0.5, 0.6) is 0 Å². The molecule has 0 saturated heterocycles. The maximum Gasteiger partial charge on any atom is 0.267 e. The van der Waals surface area contributed by atoms with Gasteiger partial charge in [0.15, 0.2) is 5.82 Å². The summed E-state index contributed by atoms with van der Waals surface area (Å²) in [6.07, 6.45) is 4.40. The van der Waals surface area contributed by atoms with E-state index in [9.17, 15) is 10.1 Å². The highest BCUT2D eigenvalue weighted by molar-refractivity contribution is 6.35. The van der Waals surface area contributed by atoms with Gasteiger partial charge in [-0.2, -0.15) is 20.3 Å². The van der Waals surface area contributed by atoms with Gasteiger partial charge in [-0.3, -0.25) is 14.5 Å². The van der Waals surface area contributed by atoms with Crippen molar-refractivity contribution in [1.29, 1.82) is 5.26 Å². The highest BCUT2D eigenvalue weighted by Crippen LogP contribution is 2.29. The van der Waals surface area contributed by atoms with Crippen LogP contribution in [0, 0.1) is 11.3 Å². The third-order valence-electron chi connectivity index (χ3n) is 4.88. The Bertz CT molecular complexity index is 1390. The summed E-state index contributed by atoms with van der Waals surface area (Å²) in [5.74, 6) is 0.441. The van der Waals surface area contributed by atoms with Crippen LogP contribution in [0.2, 0.25) is 5.02 Å². The van der Waals surface area contributed by atoms with Crippen LogP contribution in [0.3, 0.4) is 0 Å². The molecule has 1 aromatic carbocycles. The molecule has 11 nitrogen and oxygen atoms in total. The minimum atomic E-state index is -0.521. The van der Waals surface area contributed by atoms with Gasteiger partial charge in [0, 0.05) is 6.20 Å². The Hall–Kier alpha value is -4.17. The van der Waals surface area contributed by atoms with E-state index >= 15 is 0 Å². The van der Waals surface area contributed by atoms with Gasteiger partial charge < -0.3 is 16.8 Å². The van der Waals surface area contributed by atoms with Crippen molar-refractivity contribution in [2.45, 2.75) is 25.8 Å². The molecular weight excluding hydrogens is 432 g/mol. The molecule has 3 heterocycles. The number of nitrogen functional groups attached to an aromatic ring is 2. The van der Waals surface area contributed by atoms with Crippen LogP contribution >= 0.6 is 11.6 Å². The molecule has 0 spiro atoms.